The summed E-state index contributed by atoms with van der Waals surface area (Å²) in [5.41, 5.74) is 3.64. The van der Waals surface area contributed by atoms with E-state index in [1.807, 2.05) is 32.0 Å². The third kappa shape index (κ3) is 5.29. The van der Waals surface area contributed by atoms with Gasteiger partial charge in [-0.2, -0.15) is 0 Å². The van der Waals surface area contributed by atoms with Crippen molar-refractivity contribution in [2.45, 2.75) is 20.3 Å². The van der Waals surface area contributed by atoms with Crippen LogP contribution in [0.1, 0.15) is 16.7 Å². The van der Waals surface area contributed by atoms with E-state index < -0.39 is 10.0 Å². The minimum Gasteiger partial charge on any atom is -0.344 e. The Morgan fingerprint density at radius 1 is 1.08 bits per heavy atom. The van der Waals surface area contributed by atoms with E-state index in [0.29, 0.717) is 18.7 Å². The normalized spacial score (nSPS) is 11.2. The number of likely N-dealkylation sites (N-methyl/N-ethyl adjacent to an activating group) is 1. The molecular formula is C19H25N3O3S. The summed E-state index contributed by atoms with van der Waals surface area (Å²) in [6.07, 6.45) is 5.23. The van der Waals surface area contributed by atoms with Gasteiger partial charge in [0.15, 0.2) is 0 Å². The van der Waals surface area contributed by atoms with Gasteiger partial charge in [-0.05, 0) is 61.2 Å². The number of hydrogen-bond acceptors (Lipinski definition) is 4. The number of nitrogens with zero attached hydrogens (tertiary/aromatic N) is 3. The number of aryl methyl sites for hydroxylation is 2. The summed E-state index contributed by atoms with van der Waals surface area (Å²) in [6, 6.07) is 9.18. The summed E-state index contributed by atoms with van der Waals surface area (Å²) < 4.78 is 25.6. The van der Waals surface area contributed by atoms with Crippen molar-refractivity contribution >= 4 is 21.6 Å². The standard InChI is InChI=1S/C19H25N3O3S/c1-15-5-6-18(13-16(15)2)22(26(4,24)25)14-19(23)21(3)12-9-17-7-10-20-11-8-17/h5-8,10-11,13H,9,12,14H2,1-4H3. The number of carbonyl (C=O) groups is 1. The molecule has 26 heavy (non-hydrogen) atoms. The molecule has 2 rings (SSSR count). The molecule has 2 aromatic rings. The van der Waals surface area contributed by atoms with Crippen LogP contribution in [-0.4, -0.2) is 50.6 Å². The van der Waals surface area contributed by atoms with E-state index in [9.17, 15) is 13.2 Å². The van der Waals surface area contributed by atoms with Gasteiger partial charge in [-0.3, -0.25) is 14.1 Å². The van der Waals surface area contributed by atoms with Crippen LogP contribution in [0.4, 0.5) is 5.69 Å². The van der Waals surface area contributed by atoms with Gasteiger partial charge < -0.3 is 4.90 Å². The van der Waals surface area contributed by atoms with Crippen LogP contribution < -0.4 is 4.31 Å². The number of hydrogen-bond donors (Lipinski definition) is 0. The third-order valence-corrected chi connectivity index (χ3v) is 5.51. The predicted molar refractivity (Wildman–Crippen MR) is 104 cm³/mol. The minimum atomic E-state index is -3.57. The molecule has 140 valence electrons. The molecule has 0 radical (unpaired) electrons. The van der Waals surface area contributed by atoms with Crippen molar-refractivity contribution in [3.8, 4) is 0 Å². The second-order valence-electron chi connectivity index (χ2n) is 6.46. The van der Waals surface area contributed by atoms with Gasteiger partial charge in [0.05, 0.1) is 11.9 Å². The zero-order valence-electron chi connectivity index (χ0n) is 15.6. The molecule has 0 atom stereocenters. The molecule has 6 nitrogen and oxygen atoms in total. The van der Waals surface area contributed by atoms with Crippen molar-refractivity contribution in [3.05, 3.63) is 59.4 Å². The van der Waals surface area contributed by atoms with E-state index in [1.54, 1.807) is 36.5 Å². The van der Waals surface area contributed by atoms with Crippen LogP contribution in [0, 0.1) is 13.8 Å². The smallest absolute Gasteiger partial charge is 0.243 e. The van der Waals surface area contributed by atoms with Gasteiger partial charge in [0.25, 0.3) is 0 Å². The molecule has 1 aromatic carbocycles. The largest absolute Gasteiger partial charge is 0.344 e. The summed E-state index contributed by atoms with van der Waals surface area (Å²) in [5, 5.41) is 0. The van der Waals surface area contributed by atoms with Crippen molar-refractivity contribution in [3.63, 3.8) is 0 Å². The van der Waals surface area contributed by atoms with Crippen molar-refractivity contribution in [1.82, 2.24) is 9.88 Å². The summed E-state index contributed by atoms with van der Waals surface area (Å²) in [7, 11) is -1.88. The first kappa shape index (κ1) is 19.9. The monoisotopic (exact) mass is 375 g/mol. The molecule has 0 bridgehead atoms. The summed E-state index contributed by atoms with van der Waals surface area (Å²) in [5.74, 6) is -0.247. The molecule has 0 unspecified atom stereocenters. The summed E-state index contributed by atoms with van der Waals surface area (Å²) in [6.45, 7) is 4.17. The Balaban J connectivity index is 2.10. The van der Waals surface area contributed by atoms with Gasteiger partial charge in [-0.15, -0.1) is 0 Å². The lowest BCUT2D eigenvalue weighted by molar-refractivity contribution is -0.128. The first-order valence-electron chi connectivity index (χ1n) is 8.36. The second-order valence-corrected chi connectivity index (χ2v) is 8.37. The molecular weight excluding hydrogens is 350 g/mol. The highest BCUT2D eigenvalue weighted by atomic mass is 32.2. The Morgan fingerprint density at radius 3 is 2.31 bits per heavy atom. The van der Waals surface area contributed by atoms with Crippen molar-refractivity contribution < 1.29 is 13.2 Å². The Kier molecular flexibility index (Phi) is 6.37. The number of sulfonamides is 1. The van der Waals surface area contributed by atoms with Crippen molar-refractivity contribution in [2.75, 3.05) is 30.7 Å². The Hall–Kier alpha value is -2.41. The number of benzene rings is 1. The lowest BCUT2D eigenvalue weighted by Gasteiger charge is -2.25. The lowest BCUT2D eigenvalue weighted by Crippen LogP contribution is -2.41. The molecule has 1 aromatic heterocycles. The SMILES string of the molecule is Cc1ccc(N(CC(=O)N(C)CCc2ccncc2)S(C)(=O)=O)cc1C. The van der Waals surface area contributed by atoms with Gasteiger partial charge in [0.2, 0.25) is 15.9 Å². The molecule has 1 amide bonds. The van der Waals surface area contributed by atoms with Crippen molar-refractivity contribution in [1.29, 1.82) is 0 Å². The maximum Gasteiger partial charge on any atom is 0.243 e. The number of pyridine rings is 1. The molecule has 0 aliphatic carbocycles. The van der Waals surface area contributed by atoms with Crippen LogP contribution in [0.5, 0.6) is 0 Å². The maximum absolute atomic E-state index is 12.6. The topological polar surface area (TPSA) is 70.6 Å². The van der Waals surface area contributed by atoms with E-state index >= 15 is 0 Å². The van der Waals surface area contributed by atoms with Gasteiger partial charge in [0.1, 0.15) is 6.54 Å². The van der Waals surface area contributed by atoms with Gasteiger partial charge in [0, 0.05) is 26.0 Å². The highest BCUT2D eigenvalue weighted by molar-refractivity contribution is 7.92. The molecule has 0 aliphatic rings. The fraction of sp³-hybridized carbons (Fsp3) is 0.368. The molecule has 1 heterocycles. The van der Waals surface area contributed by atoms with Crippen LogP contribution in [-0.2, 0) is 21.2 Å². The third-order valence-electron chi connectivity index (χ3n) is 4.37. The van der Waals surface area contributed by atoms with Gasteiger partial charge in [-0.1, -0.05) is 6.07 Å². The predicted octanol–water partition coefficient (Wildman–Crippen LogP) is 2.17. The molecule has 0 spiro atoms. The fourth-order valence-electron chi connectivity index (χ4n) is 2.50. The number of carbonyl (C=O) groups excluding carboxylic acids is 1. The molecule has 0 saturated heterocycles. The van der Waals surface area contributed by atoms with Gasteiger partial charge >= 0.3 is 0 Å². The quantitative estimate of drug-likeness (QED) is 0.744. The van der Waals surface area contributed by atoms with Crippen LogP contribution in [0.3, 0.4) is 0 Å². The van der Waals surface area contributed by atoms with E-state index in [2.05, 4.69) is 4.98 Å². The van der Waals surface area contributed by atoms with E-state index in [-0.39, 0.29) is 12.5 Å². The maximum atomic E-state index is 12.6. The highest BCUT2D eigenvalue weighted by Gasteiger charge is 2.23. The average molecular weight is 375 g/mol. The van der Waals surface area contributed by atoms with E-state index in [1.165, 1.54) is 0 Å². The highest BCUT2D eigenvalue weighted by Crippen LogP contribution is 2.21. The zero-order chi connectivity index (χ0) is 19.3. The zero-order valence-corrected chi connectivity index (χ0v) is 16.5. The van der Waals surface area contributed by atoms with Gasteiger partial charge in [-0.25, -0.2) is 8.42 Å². The fourth-order valence-corrected chi connectivity index (χ4v) is 3.34. The van der Waals surface area contributed by atoms with Crippen LogP contribution in [0.2, 0.25) is 0 Å². The Labute approximate surface area is 155 Å². The van der Waals surface area contributed by atoms with Crippen LogP contribution in [0.25, 0.3) is 0 Å². The molecule has 7 heteroatoms. The molecule has 0 N–H and O–H groups in total. The van der Waals surface area contributed by atoms with Crippen molar-refractivity contribution in [2.24, 2.45) is 0 Å². The Bertz CT molecular complexity index is 867. The molecule has 0 aliphatic heterocycles. The first-order chi connectivity index (χ1) is 12.2. The summed E-state index contributed by atoms with van der Waals surface area (Å²) >= 11 is 0. The summed E-state index contributed by atoms with van der Waals surface area (Å²) in [4.78, 5) is 18.1. The minimum absolute atomic E-state index is 0.214. The number of rotatable bonds is 7. The lowest BCUT2D eigenvalue weighted by atomic mass is 10.1. The second kappa shape index (κ2) is 8.31. The first-order valence-corrected chi connectivity index (χ1v) is 10.2. The number of anilines is 1. The number of amides is 1. The van der Waals surface area contributed by atoms with Crippen LogP contribution >= 0.6 is 0 Å². The van der Waals surface area contributed by atoms with E-state index in [4.69, 9.17) is 0 Å². The van der Waals surface area contributed by atoms with E-state index in [0.717, 1.165) is 27.3 Å². The Morgan fingerprint density at radius 2 is 1.73 bits per heavy atom. The van der Waals surface area contributed by atoms with Crippen LogP contribution in [0.15, 0.2) is 42.7 Å². The average Bonchev–Trinajstić information content (AvgIpc) is 2.59. The molecule has 0 fully saturated rings. The number of aromatic nitrogens is 1. The molecule has 0 saturated carbocycles.